The number of hydrogen-bond donors (Lipinski definition) is 0. The second kappa shape index (κ2) is 10.5. The zero-order chi connectivity index (χ0) is 24.9. The molecule has 7 nitrogen and oxygen atoms in total. The highest BCUT2D eigenvalue weighted by atomic mass is 32.2. The van der Waals surface area contributed by atoms with Crippen LogP contribution in [0.25, 0.3) is 11.3 Å². The van der Waals surface area contributed by atoms with E-state index in [4.69, 9.17) is 4.74 Å². The molecule has 0 bridgehead atoms. The molecule has 0 aliphatic heterocycles. The van der Waals surface area contributed by atoms with Crippen molar-refractivity contribution in [2.75, 3.05) is 24.8 Å². The Kier molecular flexibility index (Phi) is 7.69. The lowest BCUT2D eigenvalue weighted by Crippen LogP contribution is -2.26. The maximum atomic E-state index is 13.3. The molecule has 0 aliphatic rings. The van der Waals surface area contributed by atoms with Gasteiger partial charge in [0.05, 0.1) is 29.7 Å². The summed E-state index contributed by atoms with van der Waals surface area (Å²) in [6.45, 7) is 4.37. The van der Waals surface area contributed by atoms with Crippen LogP contribution in [-0.2, 0) is 15.6 Å². The third kappa shape index (κ3) is 6.21. The van der Waals surface area contributed by atoms with Gasteiger partial charge in [0.1, 0.15) is 5.75 Å². The molecule has 0 fully saturated rings. The molecule has 0 aliphatic carbocycles. The quantitative estimate of drug-likeness (QED) is 0.474. The van der Waals surface area contributed by atoms with Crippen molar-refractivity contribution in [3.8, 4) is 23.1 Å². The van der Waals surface area contributed by atoms with Gasteiger partial charge < -0.3 is 9.64 Å². The second-order valence-corrected chi connectivity index (χ2v) is 10.7. The van der Waals surface area contributed by atoms with E-state index in [0.717, 1.165) is 6.26 Å². The van der Waals surface area contributed by atoms with Crippen molar-refractivity contribution >= 4 is 21.4 Å². The molecule has 8 heteroatoms. The van der Waals surface area contributed by atoms with Gasteiger partial charge in [-0.25, -0.2) is 8.42 Å². The Bertz CT molecular complexity index is 1330. The zero-order valence-corrected chi connectivity index (χ0v) is 20.5. The van der Waals surface area contributed by atoms with Crippen LogP contribution < -0.4 is 9.64 Å². The van der Waals surface area contributed by atoms with Gasteiger partial charge in [0.25, 0.3) is 5.91 Å². The number of carbonyl (C=O) groups is 1. The number of anilines is 1. The van der Waals surface area contributed by atoms with Gasteiger partial charge in [-0.15, -0.1) is 0 Å². The summed E-state index contributed by atoms with van der Waals surface area (Å²) in [5.74, 6) is 0.148. The number of rotatable bonds is 8. The molecule has 3 rings (SSSR count). The van der Waals surface area contributed by atoms with Gasteiger partial charge in [0, 0.05) is 41.9 Å². The van der Waals surface area contributed by atoms with E-state index < -0.39 is 9.84 Å². The average molecular weight is 478 g/mol. The van der Waals surface area contributed by atoms with E-state index in [0.29, 0.717) is 46.0 Å². The minimum Gasteiger partial charge on any atom is -0.493 e. The summed E-state index contributed by atoms with van der Waals surface area (Å²) in [6.07, 6.45) is 2.81. The smallest absolute Gasteiger partial charge is 0.258 e. The van der Waals surface area contributed by atoms with Crippen LogP contribution in [0.3, 0.4) is 0 Å². The van der Waals surface area contributed by atoms with Crippen molar-refractivity contribution in [1.82, 2.24) is 4.98 Å². The Morgan fingerprint density at radius 1 is 1.15 bits per heavy atom. The van der Waals surface area contributed by atoms with Gasteiger partial charge >= 0.3 is 0 Å². The molecule has 1 aromatic heterocycles. The predicted molar refractivity (Wildman–Crippen MR) is 132 cm³/mol. The standard InChI is InChI=1S/C26H27N3O4S/c1-18(2)16-33-25-13-19(8-9-21(25)17-34(4,31)32)26(30)29(3)22-11-10-20(15-27)23(14-22)24-7-5-6-12-28-24/h5-14,18H,16-17H2,1-4H3. The molecule has 1 heterocycles. The lowest BCUT2D eigenvalue weighted by molar-refractivity contribution is 0.0992. The summed E-state index contributed by atoms with van der Waals surface area (Å²) in [4.78, 5) is 19.1. The predicted octanol–water partition coefficient (Wildman–Crippen LogP) is 4.48. The van der Waals surface area contributed by atoms with Crippen molar-refractivity contribution in [3.63, 3.8) is 0 Å². The molecule has 0 spiro atoms. The highest BCUT2D eigenvalue weighted by molar-refractivity contribution is 7.89. The lowest BCUT2D eigenvalue weighted by Gasteiger charge is -2.20. The molecule has 3 aromatic rings. The van der Waals surface area contributed by atoms with Gasteiger partial charge in [-0.2, -0.15) is 5.26 Å². The number of amides is 1. The number of ether oxygens (including phenoxy) is 1. The van der Waals surface area contributed by atoms with E-state index in [2.05, 4.69) is 11.1 Å². The summed E-state index contributed by atoms with van der Waals surface area (Å²) in [5, 5.41) is 9.51. The van der Waals surface area contributed by atoms with Crippen LogP contribution in [0, 0.1) is 17.2 Å². The van der Waals surface area contributed by atoms with Crippen LogP contribution in [0.2, 0.25) is 0 Å². The Labute approximate surface area is 200 Å². The van der Waals surface area contributed by atoms with Gasteiger partial charge in [-0.05, 0) is 48.4 Å². The first-order chi connectivity index (χ1) is 16.1. The highest BCUT2D eigenvalue weighted by Gasteiger charge is 2.19. The van der Waals surface area contributed by atoms with E-state index in [-0.39, 0.29) is 17.6 Å². The number of benzene rings is 2. The fourth-order valence-corrected chi connectivity index (χ4v) is 4.17. The number of hydrogen-bond acceptors (Lipinski definition) is 6. The minimum atomic E-state index is -3.28. The first-order valence-corrected chi connectivity index (χ1v) is 12.8. The van der Waals surface area contributed by atoms with Gasteiger partial charge in [-0.1, -0.05) is 26.0 Å². The van der Waals surface area contributed by atoms with Crippen molar-refractivity contribution in [2.24, 2.45) is 5.92 Å². The molecule has 34 heavy (non-hydrogen) atoms. The van der Waals surface area contributed by atoms with Gasteiger partial charge in [-0.3, -0.25) is 9.78 Å². The molecule has 0 saturated carbocycles. The van der Waals surface area contributed by atoms with E-state index in [9.17, 15) is 18.5 Å². The molecule has 0 unspecified atom stereocenters. The van der Waals surface area contributed by atoms with Crippen LogP contribution in [0.15, 0.2) is 60.8 Å². The summed E-state index contributed by atoms with van der Waals surface area (Å²) in [7, 11) is -1.63. The Morgan fingerprint density at radius 3 is 2.53 bits per heavy atom. The van der Waals surface area contributed by atoms with Crippen LogP contribution in [-0.4, -0.2) is 39.2 Å². The first-order valence-electron chi connectivity index (χ1n) is 10.8. The Balaban J connectivity index is 1.96. The molecule has 0 atom stereocenters. The normalized spacial score (nSPS) is 11.2. The second-order valence-electron chi connectivity index (χ2n) is 8.52. The first kappa shape index (κ1) is 24.9. The van der Waals surface area contributed by atoms with Gasteiger partial charge in [0.2, 0.25) is 0 Å². The minimum absolute atomic E-state index is 0.173. The van der Waals surface area contributed by atoms with E-state index >= 15 is 0 Å². The maximum Gasteiger partial charge on any atom is 0.258 e. The van der Waals surface area contributed by atoms with E-state index in [1.165, 1.54) is 4.90 Å². The molecule has 0 saturated heterocycles. The third-order valence-electron chi connectivity index (χ3n) is 5.06. The highest BCUT2D eigenvalue weighted by Crippen LogP contribution is 2.29. The van der Waals surface area contributed by atoms with Crippen molar-refractivity contribution in [3.05, 3.63) is 77.5 Å². The number of pyridine rings is 1. The fraction of sp³-hybridized carbons (Fsp3) is 0.269. The van der Waals surface area contributed by atoms with Gasteiger partial charge in [0.15, 0.2) is 9.84 Å². The molecular formula is C26H27N3O4S. The average Bonchev–Trinajstić information content (AvgIpc) is 2.81. The molecular weight excluding hydrogens is 450 g/mol. The largest absolute Gasteiger partial charge is 0.493 e. The maximum absolute atomic E-state index is 13.3. The topological polar surface area (TPSA) is 100 Å². The number of nitriles is 1. The number of aromatic nitrogens is 1. The van der Waals surface area contributed by atoms with Crippen molar-refractivity contribution in [2.45, 2.75) is 19.6 Å². The summed E-state index contributed by atoms with van der Waals surface area (Å²) in [6, 6.07) is 17.5. The number of nitrogens with zero attached hydrogens (tertiary/aromatic N) is 3. The van der Waals surface area contributed by atoms with E-state index in [1.54, 1.807) is 61.8 Å². The lowest BCUT2D eigenvalue weighted by atomic mass is 10.0. The number of carbonyl (C=O) groups excluding carboxylic acids is 1. The van der Waals surface area contributed by atoms with Crippen LogP contribution in [0.5, 0.6) is 5.75 Å². The van der Waals surface area contributed by atoms with Crippen LogP contribution >= 0.6 is 0 Å². The van der Waals surface area contributed by atoms with E-state index in [1.807, 2.05) is 19.9 Å². The van der Waals surface area contributed by atoms with Crippen LogP contribution in [0.1, 0.15) is 35.3 Å². The Morgan fingerprint density at radius 2 is 1.91 bits per heavy atom. The summed E-state index contributed by atoms with van der Waals surface area (Å²) >= 11 is 0. The molecule has 1 amide bonds. The van der Waals surface area contributed by atoms with Crippen LogP contribution in [0.4, 0.5) is 5.69 Å². The summed E-state index contributed by atoms with van der Waals surface area (Å²) in [5.41, 5.74) is 3.19. The molecule has 0 radical (unpaired) electrons. The molecule has 2 aromatic carbocycles. The van der Waals surface area contributed by atoms with Crippen molar-refractivity contribution < 1.29 is 17.9 Å². The number of sulfone groups is 1. The monoisotopic (exact) mass is 477 g/mol. The molecule has 176 valence electrons. The zero-order valence-electron chi connectivity index (χ0n) is 19.6. The van der Waals surface area contributed by atoms with Crippen molar-refractivity contribution in [1.29, 1.82) is 5.26 Å². The molecule has 0 N–H and O–H groups in total. The third-order valence-corrected chi connectivity index (χ3v) is 5.90. The summed E-state index contributed by atoms with van der Waals surface area (Å²) < 4.78 is 29.5. The fourth-order valence-electron chi connectivity index (χ4n) is 3.36. The Hall–Kier alpha value is -3.70. The SMILES string of the molecule is CC(C)COc1cc(C(=O)N(C)c2ccc(C#N)c(-c3ccccn3)c2)ccc1CS(C)(=O)=O.